The minimum absolute atomic E-state index is 0.0410. The zero-order valence-corrected chi connectivity index (χ0v) is 53.1. The van der Waals surface area contributed by atoms with Gasteiger partial charge in [-0.1, -0.05) is 139 Å². The Balaban J connectivity index is 1.71. The molecule has 4 fully saturated rings. The van der Waals surface area contributed by atoms with Crippen LogP contribution in [0.5, 0.6) is 0 Å². The van der Waals surface area contributed by atoms with E-state index in [1.807, 2.05) is 58.0 Å². The van der Waals surface area contributed by atoms with E-state index in [-0.39, 0.29) is 49.0 Å². The van der Waals surface area contributed by atoms with Crippen molar-refractivity contribution in [2.45, 2.75) is 276 Å². The van der Waals surface area contributed by atoms with Gasteiger partial charge in [-0.05, 0) is 97.8 Å². The standard InChI is InChI=1S/C60H99NO13Si3/c1-17-76(18-2,19-3)72-44-37-45-59(39-68-45,71-41(8)62)52-54-60(67)38-43(40(7)48(57(60,12)13)50(53(65)58(44,52)14)74-77(20-4,21-5)22-6)69-55(66)51(73-75(15,16)56(9,10)11)49(42-33-29-28-30-34-42)61-46(63)35-31-26-24-23-25-27-32-36-47(64)70-54/h28-30,33-34,43-45,49-52,54,67H,17-27,31-32,35-39H2,1-16H3,(H,61,63)/t43-,44-,45+,49-,50+,51+,52-,54-,58+,59-,60+/m0/s1. The van der Waals surface area contributed by atoms with Crippen molar-refractivity contribution in [3.8, 4) is 0 Å². The lowest BCUT2D eigenvalue weighted by molar-refractivity contribution is -0.346. The SMILES string of the molecule is CC[Si](CC)(CC)O[C@H]1C(=O)[C@]2(C)[C@@H](O[Si](CC)(CC)CC)C[C@H]3OC[C@@]3(OC(C)=O)[C@H]2[C@@H]2OC(=O)CCCCCCCCCC(=O)N[C@@H](c3ccccc3)[C@@H](O[Si](C)(C)C(C)(C)C)C(=O)O[C@H]3C[C@]2(O)C(C)(C)C1=C3C. The van der Waals surface area contributed by atoms with Crippen LogP contribution in [-0.2, 0) is 56.2 Å². The van der Waals surface area contributed by atoms with Crippen molar-refractivity contribution in [3.63, 3.8) is 0 Å². The zero-order valence-electron chi connectivity index (χ0n) is 50.1. The first-order chi connectivity index (χ1) is 36.1. The molecule has 2 aliphatic heterocycles. The maximum Gasteiger partial charge on any atom is 0.337 e. The smallest absolute Gasteiger partial charge is 0.337 e. The summed E-state index contributed by atoms with van der Waals surface area (Å²) in [5.41, 5.74) is -5.01. The minimum Gasteiger partial charge on any atom is -0.459 e. The Hall–Kier alpha value is -3.04. The fourth-order valence-electron chi connectivity index (χ4n) is 13.6. The predicted octanol–water partition coefficient (Wildman–Crippen LogP) is 12.2. The number of aliphatic hydroxyl groups is 1. The van der Waals surface area contributed by atoms with E-state index in [0.29, 0.717) is 47.7 Å². The van der Waals surface area contributed by atoms with Crippen LogP contribution in [0.1, 0.15) is 179 Å². The minimum atomic E-state index is -2.85. The van der Waals surface area contributed by atoms with Crippen molar-refractivity contribution < 1.29 is 61.3 Å². The summed E-state index contributed by atoms with van der Waals surface area (Å²) in [5.74, 6) is -3.65. The molecule has 2 saturated carbocycles. The van der Waals surface area contributed by atoms with Crippen LogP contribution in [0.2, 0.25) is 54.4 Å². The number of hydrogen-bond donors (Lipinski definition) is 2. The molecular formula is C60H99NO13Si3. The van der Waals surface area contributed by atoms with Gasteiger partial charge in [0.1, 0.15) is 30.0 Å². The lowest BCUT2D eigenvalue weighted by Crippen LogP contribution is -2.82. The molecule has 5 aliphatic rings. The average Bonchev–Trinajstić information content (AvgIpc) is 3.37. The molecule has 3 aliphatic carbocycles. The Kier molecular flexibility index (Phi) is 20.2. The average molecular weight is 1130 g/mol. The molecule has 1 aromatic rings. The van der Waals surface area contributed by atoms with Gasteiger partial charge in [-0.15, -0.1) is 0 Å². The van der Waals surface area contributed by atoms with Crippen molar-refractivity contribution in [2.24, 2.45) is 16.7 Å². The maximum atomic E-state index is 17.2. The molecule has 11 atom stereocenters. The molecule has 434 valence electrons. The van der Waals surface area contributed by atoms with Gasteiger partial charge in [0, 0.05) is 38.0 Å². The highest BCUT2D eigenvalue weighted by molar-refractivity contribution is 6.74. The highest BCUT2D eigenvalue weighted by Gasteiger charge is 2.79. The second-order valence-electron chi connectivity index (χ2n) is 25.7. The molecule has 0 unspecified atom stereocenters. The van der Waals surface area contributed by atoms with Crippen LogP contribution in [0.3, 0.4) is 0 Å². The van der Waals surface area contributed by atoms with Crippen LogP contribution in [0, 0.1) is 16.7 Å². The van der Waals surface area contributed by atoms with Gasteiger partial charge in [0.25, 0.3) is 0 Å². The second-order valence-corrected chi connectivity index (χ2v) is 39.9. The summed E-state index contributed by atoms with van der Waals surface area (Å²) in [6.07, 6.45) is -1.23. The van der Waals surface area contributed by atoms with Gasteiger partial charge < -0.3 is 42.6 Å². The number of hydrogen-bond acceptors (Lipinski definition) is 13. The first kappa shape index (κ1) is 63.1. The molecule has 14 nitrogen and oxygen atoms in total. The number of benzene rings is 1. The van der Waals surface area contributed by atoms with Crippen molar-refractivity contribution >= 4 is 54.6 Å². The number of Topliss-reactive ketones (excluding diaryl/α,β-unsaturated/α-hetero) is 1. The fraction of sp³-hybridized carbons (Fsp3) is 0.783. The van der Waals surface area contributed by atoms with Crippen LogP contribution in [0.4, 0.5) is 0 Å². The van der Waals surface area contributed by atoms with Gasteiger partial charge >= 0.3 is 17.9 Å². The number of ether oxygens (including phenoxy) is 4. The largest absolute Gasteiger partial charge is 0.459 e. The molecule has 0 radical (unpaired) electrons. The van der Waals surface area contributed by atoms with Crippen LogP contribution < -0.4 is 5.32 Å². The number of esters is 3. The lowest BCUT2D eigenvalue weighted by Gasteiger charge is -2.68. The summed E-state index contributed by atoms with van der Waals surface area (Å²) in [7, 11) is -8.19. The second kappa shape index (κ2) is 24.6. The third-order valence-corrected chi connectivity index (χ3v) is 34.0. The normalized spacial score (nSPS) is 33.2. The molecule has 3 bridgehead atoms. The van der Waals surface area contributed by atoms with Crippen molar-refractivity contribution in [2.75, 3.05) is 6.61 Å². The number of rotatable bonds is 14. The molecule has 1 aromatic carbocycles. The topological polar surface area (TPSA) is 182 Å². The Bertz CT molecular complexity index is 2280. The maximum absolute atomic E-state index is 17.2. The van der Waals surface area contributed by atoms with Gasteiger partial charge in [0.15, 0.2) is 42.4 Å². The number of carbonyl (C=O) groups is 5. The Morgan fingerprint density at radius 2 is 1.32 bits per heavy atom. The number of amides is 1. The Morgan fingerprint density at radius 3 is 1.84 bits per heavy atom. The van der Waals surface area contributed by atoms with Gasteiger partial charge in [0.2, 0.25) is 5.91 Å². The van der Waals surface area contributed by atoms with E-state index in [2.05, 4.69) is 80.7 Å². The van der Waals surface area contributed by atoms with Crippen LogP contribution in [0.15, 0.2) is 41.5 Å². The van der Waals surface area contributed by atoms with E-state index in [1.54, 1.807) is 0 Å². The summed E-state index contributed by atoms with van der Waals surface area (Å²) in [5, 5.41) is 17.5. The van der Waals surface area contributed by atoms with E-state index in [1.165, 1.54) is 6.92 Å². The number of carbonyl (C=O) groups excluding carboxylic acids is 5. The molecule has 2 N–H and O–H groups in total. The molecule has 2 saturated heterocycles. The van der Waals surface area contributed by atoms with E-state index in [0.717, 1.165) is 50.2 Å². The van der Waals surface area contributed by atoms with Gasteiger partial charge in [-0.3, -0.25) is 19.2 Å². The highest BCUT2D eigenvalue weighted by Crippen LogP contribution is 2.65. The van der Waals surface area contributed by atoms with E-state index in [4.69, 9.17) is 32.2 Å². The Morgan fingerprint density at radius 1 is 0.779 bits per heavy atom. The third-order valence-electron chi connectivity index (χ3n) is 20.3. The summed E-state index contributed by atoms with van der Waals surface area (Å²) < 4.78 is 49.4. The molecule has 17 heteroatoms. The number of ketones is 1. The molecule has 1 amide bonds. The van der Waals surface area contributed by atoms with E-state index >= 15 is 9.59 Å². The monoisotopic (exact) mass is 1130 g/mol. The van der Waals surface area contributed by atoms with Crippen LogP contribution in [-0.4, -0.2) is 114 Å². The first-order valence-corrected chi connectivity index (χ1v) is 37.6. The molecule has 77 heavy (non-hydrogen) atoms. The van der Waals surface area contributed by atoms with Crippen molar-refractivity contribution in [1.82, 2.24) is 5.32 Å². The predicted molar refractivity (Wildman–Crippen MR) is 306 cm³/mol. The summed E-state index contributed by atoms with van der Waals surface area (Å²) in [4.78, 5) is 75.8. The molecule has 0 aromatic heterocycles. The van der Waals surface area contributed by atoms with Gasteiger partial charge in [0.05, 0.1) is 30.1 Å². The van der Waals surface area contributed by atoms with E-state index < -0.39 is 113 Å². The van der Waals surface area contributed by atoms with Crippen molar-refractivity contribution in [3.05, 3.63) is 47.0 Å². The highest BCUT2D eigenvalue weighted by atomic mass is 28.4. The number of nitrogens with one attached hydrogen (secondary N) is 1. The third kappa shape index (κ3) is 12.1. The summed E-state index contributed by atoms with van der Waals surface area (Å²) >= 11 is 0. The fourth-order valence-corrected chi connectivity index (χ4v) is 20.5. The summed E-state index contributed by atoms with van der Waals surface area (Å²) in [6.45, 7) is 31.9. The zero-order chi connectivity index (χ0) is 57.2. The lowest BCUT2D eigenvalue weighted by atomic mass is 9.44. The Labute approximate surface area is 465 Å². The summed E-state index contributed by atoms with van der Waals surface area (Å²) in [6, 6.07) is 12.8. The van der Waals surface area contributed by atoms with Gasteiger partial charge in [-0.25, -0.2) is 4.79 Å². The number of fused-ring (bicyclic) bond motifs is 6. The molecule has 2 heterocycles. The quantitative estimate of drug-likeness (QED) is 0.0778. The van der Waals surface area contributed by atoms with E-state index in [9.17, 15) is 19.5 Å². The van der Waals surface area contributed by atoms with Gasteiger partial charge in [-0.2, -0.15) is 0 Å². The first-order valence-electron chi connectivity index (χ1n) is 29.6. The molecule has 6 rings (SSSR count). The molecular weight excluding hydrogens is 1030 g/mol. The van der Waals surface area contributed by atoms with Crippen LogP contribution in [0.25, 0.3) is 0 Å². The molecule has 0 spiro atoms. The van der Waals surface area contributed by atoms with Crippen molar-refractivity contribution in [1.29, 1.82) is 0 Å². The van der Waals surface area contributed by atoms with Crippen LogP contribution >= 0.6 is 0 Å².